The van der Waals surface area contributed by atoms with E-state index in [0.717, 1.165) is 33.3 Å². The summed E-state index contributed by atoms with van der Waals surface area (Å²) in [6, 6.07) is 19.5. The fraction of sp³-hybridized carbons (Fsp3) is 0.125. The third kappa shape index (κ3) is 3.14. The van der Waals surface area contributed by atoms with Gasteiger partial charge in [0.15, 0.2) is 0 Å². The highest BCUT2D eigenvalue weighted by Gasteiger charge is 2.28. The van der Waals surface area contributed by atoms with Crippen LogP contribution < -0.4 is 5.32 Å². The van der Waals surface area contributed by atoms with Crippen LogP contribution in [0.15, 0.2) is 72.9 Å². The molecule has 2 heterocycles. The summed E-state index contributed by atoms with van der Waals surface area (Å²) in [6.45, 7) is 0.526. The van der Waals surface area contributed by atoms with E-state index in [1.54, 1.807) is 24.3 Å². The number of halogens is 1. The monoisotopic (exact) mass is 386 g/mol. The molecule has 5 rings (SSSR count). The number of benzene rings is 3. The Bertz CT molecular complexity index is 1240. The van der Waals surface area contributed by atoms with Crippen molar-refractivity contribution in [3.05, 3.63) is 95.4 Å². The SMILES string of the molecule is O=C1C[C@H](c2cccc(O)c2)c2cn(Cc3cccc(F)c3)c3cccc(c23)N1. The number of hydrogen-bond acceptors (Lipinski definition) is 2. The number of amides is 1. The quantitative estimate of drug-likeness (QED) is 0.520. The molecule has 1 atom stereocenters. The summed E-state index contributed by atoms with van der Waals surface area (Å²) in [6.07, 6.45) is 2.34. The van der Waals surface area contributed by atoms with Crippen LogP contribution in [0.2, 0.25) is 0 Å². The van der Waals surface area contributed by atoms with Gasteiger partial charge in [-0.1, -0.05) is 30.3 Å². The van der Waals surface area contributed by atoms with Crippen molar-refractivity contribution in [3.8, 4) is 5.75 Å². The number of anilines is 1. The van der Waals surface area contributed by atoms with Crippen LogP contribution >= 0.6 is 0 Å². The molecule has 0 radical (unpaired) electrons. The van der Waals surface area contributed by atoms with E-state index < -0.39 is 0 Å². The van der Waals surface area contributed by atoms with Gasteiger partial charge in [0.25, 0.3) is 0 Å². The van der Waals surface area contributed by atoms with Gasteiger partial charge in [0.1, 0.15) is 11.6 Å². The molecule has 0 saturated heterocycles. The van der Waals surface area contributed by atoms with E-state index in [-0.39, 0.29) is 29.8 Å². The largest absolute Gasteiger partial charge is 0.508 e. The van der Waals surface area contributed by atoms with Crippen LogP contribution in [0.4, 0.5) is 10.1 Å². The van der Waals surface area contributed by atoms with Gasteiger partial charge in [0.2, 0.25) is 5.91 Å². The number of aromatic hydroxyl groups is 1. The van der Waals surface area contributed by atoms with Crippen molar-refractivity contribution in [1.29, 1.82) is 0 Å². The second-order valence-corrected chi connectivity index (χ2v) is 7.44. The van der Waals surface area contributed by atoms with Crippen LogP contribution in [-0.2, 0) is 11.3 Å². The lowest BCUT2D eigenvalue weighted by molar-refractivity contribution is -0.116. The van der Waals surface area contributed by atoms with E-state index in [2.05, 4.69) is 9.88 Å². The Morgan fingerprint density at radius 1 is 1.07 bits per heavy atom. The predicted octanol–water partition coefficient (Wildman–Crippen LogP) is 5.01. The molecule has 1 aromatic heterocycles. The molecule has 1 amide bonds. The first kappa shape index (κ1) is 17.5. The minimum absolute atomic E-state index is 0.0567. The Morgan fingerprint density at radius 3 is 2.72 bits per heavy atom. The van der Waals surface area contributed by atoms with Gasteiger partial charge in [-0.15, -0.1) is 0 Å². The van der Waals surface area contributed by atoms with Crippen molar-refractivity contribution in [2.75, 3.05) is 5.32 Å². The first-order chi connectivity index (χ1) is 14.1. The number of carbonyl (C=O) groups excluding carboxylic acids is 1. The molecular weight excluding hydrogens is 367 g/mol. The van der Waals surface area contributed by atoms with Gasteiger partial charge in [0, 0.05) is 30.5 Å². The Hall–Kier alpha value is -3.60. The van der Waals surface area contributed by atoms with E-state index in [9.17, 15) is 14.3 Å². The molecule has 0 unspecified atom stereocenters. The lowest BCUT2D eigenvalue weighted by Gasteiger charge is -2.14. The van der Waals surface area contributed by atoms with Crippen LogP contribution in [0.5, 0.6) is 5.75 Å². The zero-order chi connectivity index (χ0) is 20.0. The van der Waals surface area contributed by atoms with Gasteiger partial charge in [-0.05, 0) is 53.1 Å². The zero-order valence-electron chi connectivity index (χ0n) is 15.6. The molecule has 5 heteroatoms. The lowest BCUT2D eigenvalue weighted by atomic mass is 9.88. The van der Waals surface area contributed by atoms with Gasteiger partial charge in [-0.25, -0.2) is 4.39 Å². The number of carbonyl (C=O) groups is 1. The van der Waals surface area contributed by atoms with Crippen LogP contribution in [0.1, 0.15) is 29.0 Å². The summed E-state index contributed by atoms with van der Waals surface area (Å²) in [5.74, 6) is -0.317. The molecule has 1 aliphatic heterocycles. The van der Waals surface area contributed by atoms with Crippen molar-refractivity contribution < 1.29 is 14.3 Å². The zero-order valence-corrected chi connectivity index (χ0v) is 15.6. The molecule has 0 fully saturated rings. The molecule has 0 bridgehead atoms. The molecule has 4 aromatic rings. The number of aromatic nitrogens is 1. The second-order valence-electron chi connectivity index (χ2n) is 7.44. The Kier molecular flexibility index (Phi) is 4.09. The number of hydrogen-bond donors (Lipinski definition) is 2. The Balaban J connectivity index is 1.69. The average Bonchev–Trinajstić information content (AvgIpc) is 2.98. The van der Waals surface area contributed by atoms with Crippen LogP contribution in [0, 0.1) is 5.82 Å². The van der Waals surface area contributed by atoms with Crippen LogP contribution in [0.3, 0.4) is 0 Å². The highest BCUT2D eigenvalue weighted by Crippen LogP contribution is 2.41. The summed E-state index contributed by atoms with van der Waals surface area (Å²) in [4.78, 5) is 12.5. The van der Waals surface area contributed by atoms with Gasteiger partial charge in [-0.2, -0.15) is 0 Å². The summed E-state index contributed by atoms with van der Waals surface area (Å²) in [5.41, 5.74) is 4.55. The van der Waals surface area contributed by atoms with Crippen molar-refractivity contribution in [3.63, 3.8) is 0 Å². The van der Waals surface area contributed by atoms with Gasteiger partial charge in [0.05, 0.1) is 11.2 Å². The molecule has 2 N–H and O–H groups in total. The number of phenols is 1. The smallest absolute Gasteiger partial charge is 0.225 e. The highest BCUT2D eigenvalue weighted by atomic mass is 19.1. The Morgan fingerprint density at radius 2 is 1.90 bits per heavy atom. The maximum absolute atomic E-state index is 13.7. The highest BCUT2D eigenvalue weighted by molar-refractivity contribution is 6.06. The van der Waals surface area contributed by atoms with Gasteiger partial charge >= 0.3 is 0 Å². The van der Waals surface area contributed by atoms with E-state index >= 15 is 0 Å². The number of nitrogens with one attached hydrogen (secondary N) is 1. The van der Waals surface area contributed by atoms with E-state index in [4.69, 9.17) is 0 Å². The minimum atomic E-state index is -0.258. The van der Waals surface area contributed by atoms with Gasteiger partial charge in [-0.3, -0.25) is 4.79 Å². The minimum Gasteiger partial charge on any atom is -0.508 e. The average molecular weight is 386 g/mol. The molecular formula is C24H19FN2O2. The molecule has 0 spiro atoms. The summed E-state index contributed by atoms with van der Waals surface area (Å²) in [7, 11) is 0. The van der Waals surface area contributed by atoms with E-state index in [1.807, 2.05) is 36.5 Å². The molecule has 0 aliphatic carbocycles. The number of rotatable bonds is 3. The fourth-order valence-corrected chi connectivity index (χ4v) is 4.25. The molecule has 29 heavy (non-hydrogen) atoms. The standard InChI is InChI=1S/C24H19FN2O2/c25-17-6-1-4-15(10-17)13-27-14-20-19(16-5-2-7-18(28)11-16)12-23(29)26-21-8-3-9-22(27)24(20)21/h1-11,14,19,28H,12-13H2,(H,26,29)/t19-/m1/s1. The molecule has 1 aliphatic rings. The summed E-state index contributed by atoms with van der Waals surface area (Å²) >= 11 is 0. The van der Waals surface area contributed by atoms with Gasteiger partial charge < -0.3 is 15.0 Å². The first-order valence-corrected chi connectivity index (χ1v) is 9.53. The fourth-order valence-electron chi connectivity index (χ4n) is 4.25. The van der Waals surface area contributed by atoms with Crippen molar-refractivity contribution >= 4 is 22.5 Å². The lowest BCUT2D eigenvalue weighted by Crippen LogP contribution is -2.13. The molecule has 0 saturated carbocycles. The third-order valence-electron chi connectivity index (χ3n) is 5.49. The second kappa shape index (κ2) is 6.78. The Labute approximate surface area is 167 Å². The topological polar surface area (TPSA) is 54.3 Å². The predicted molar refractivity (Wildman–Crippen MR) is 111 cm³/mol. The van der Waals surface area contributed by atoms with Crippen LogP contribution in [0.25, 0.3) is 10.9 Å². The van der Waals surface area contributed by atoms with E-state index in [1.165, 1.54) is 12.1 Å². The molecule has 3 aromatic carbocycles. The maximum atomic E-state index is 13.7. The summed E-state index contributed by atoms with van der Waals surface area (Å²) in [5, 5.41) is 14.0. The molecule has 144 valence electrons. The third-order valence-corrected chi connectivity index (χ3v) is 5.49. The first-order valence-electron chi connectivity index (χ1n) is 9.53. The number of phenolic OH excluding ortho intramolecular Hbond substituents is 1. The summed E-state index contributed by atoms with van der Waals surface area (Å²) < 4.78 is 15.8. The van der Waals surface area contributed by atoms with Crippen molar-refractivity contribution in [2.45, 2.75) is 18.9 Å². The van der Waals surface area contributed by atoms with Crippen LogP contribution in [-0.4, -0.2) is 15.6 Å². The number of nitrogens with zero attached hydrogens (tertiary/aromatic N) is 1. The normalized spacial score (nSPS) is 15.9. The van der Waals surface area contributed by atoms with E-state index in [0.29, 0.717) is 6.54 Å². The van der Waals surface area contributed by atoms with Crippen molar-refractivity contribution in [2.24, 2.45) is 0 Å². The molecule has 4 nitrogen and oxygen atoms in total. The maximum Gasteiger partial charge on any atom is 0.225 e. The van der Waals surface area contributed by atoms with Crippen molar-refractivity contribution in [1.82, 2.24) is 4.57 Å².